The van der Waals surface area contributed by atoms with Gasteiger partial charge in [-0.15, -0.1) is 0 Å². The summed E-state index contributed by atoms with van der Waals surface area (Å²) in [5.41, 5.74) is 7.18. The fraction of sp³-hybridized carbons (Fsp3) is 0.562. The van der Waals surface area contributed by atoms with Gasteiger partial charge in [-0.3, -0.25) is 9.69 Å². The largest absolute Gasteiger partial charge is 0.397 e. The summed E-state index contributed by atoms with van der Waals surface area (Å²) >= 11 is 0. The molecule has 110 valence electrons. The number of benzene rings is 1. The zero-order valence-electron chi connectivity index (χ0n) is 12.6. The minimum atomic E-state index is -0.128. The first kappa shape index (κ1) is 14.9. The van der Waals surface area contributed by atoms with Crippen molar-refractivity contribution in [3.8, 4) is 0 Å². The van der Waals surface area contributed by atoms with Crippen LogP contribution in [0.1, 0.15) is 40.0 Å². The van der Waals surface area contributed by atoms with E-state index < -0.39 is 0 Å². The number of hydrogen-bond acceptors (Lipinski definition) is 3. The maximum absolute atomic E-state index is 12.5. The summed E-state index contributed by atoms with van der Waals surface area (Å²) in [7, 11) is 0. The molecule has 4 heteroatoms. The Morgan fingerprint density at radius 2 is 2.15 bits per heavy atom. The molecular weight excluding hydrogens is 250 g/mol. The molecule has 0 spiro atoms. The van der Waals surface area contributed by atoms with E-state index in [0.717, 1.165) is 6.42 Å². The van der Waals surface area contributed by atoms with E-state index in [9.17, 15) is 4.79 Å². The van der Waals surface area contributed by atoms with Gasteiger partial charge in [0.15, 0.2) is 0 Å². The molecule has 1 aromatic rings. The molecule has 1 saturated heterocycles. The van der Waals surface area contributed by atoms with Crippen LogP contribution < -0.4 is 11.1 Å². The highest BCUT2D eigenvalue weighted by Gasteiger charge is 2.35. The number of rotatable bonds is 4. The van der Waals surface area contributed by atoms with Crippen molar-refractivity contribution >= 4 is 17.3 Å². The van der Waals surface area contributed by atoms with Crippen molar-refractivity contribution in [2.24, 2.45) is 0 Å². The van der Waals surface area contributed by atoms with Gasteiger partial charge in [-0.05, 0) is 45.2 Å². The molecule has 1 heterocycles. The molecule has 2 rings (SSSR count). The third-order valence-electron chi connectivity index (χ3n) is 4.36. The number of carbonyl (C=O) groups excluding carboxylic acids is 1. The van der Waals surface area contributed by atoms with Gasteiger partial charge in [0.1, 0.15) is 0 Å². The van der Waals surface area contributed by atoms with Crippen molar-refractivity contribution in [2.45, 2.75) is 58.2 Å². The van der Waals surface area contributed by atoms with E-state index in [1.807, 2.05) is 25.1 Å². The molecule has 0 bridgehead atoms. The van der Waals surface area contributed by atoms with Crippen LogP contribution in [0.5, 0.6) is 0 Å². The Morgan fingerprint density at radius 3 is 2.80 bits per heavy atom. The molecule has 20 heavy (non-hydrogen) atoms. The Labute approximate surface area is 121 Å². The van der Waals surface area contributed by atoms with Gasteiger partial charge in [0.25, 0.3) is 0 Å². The summed E-state index contributed by atoms with van der Waals surface area (Å²) in [6.45, 7) is 6.38. The molecule has 3 N–H and O–H groups in total. The first-order valence-corrected chi connectivity index (χ1v) is 7.47. The highest BCUT2D eigenvalue weighted by Crippen LogP contribution is 2.29. The lowest BCUT2D eigenvalue weighted by Gasteiger charge is -2.33. The van der Waals surface area contributed by atoms with E-state index in [1.165, 1.54) is 12.8 Å². The average molecular weight is 275 g/mol. The Morgan fingerprint density at radius 1 is 1.45 bits per heavy atom. The molecule has 4 nitrogen and oxygen atoms in total. The fourth-order valence-corrected chi connectivity index (χ4v) is 3.19. The summed E-state index contributed by atoms with van der Waals surface area (Å²) in [6.07, 6.45) is 3.45. The van der Waals surface area contributed by atoms with Gasteiger partial charge in [-0.1, -0.05) is 19.1 Å². The van der Waals surface area contributed by atoms with E-state index in [4.69, 9.17) is 5.73 Å². The number of carbonyl (C=O) groups is 1. The standard InChI is InChI=1S/C16H25N3O/c1-4-13-10-9-11(2)19(13)12(3)16(20)18-15-8-6-5-7-14(15)17/h5-8,11-13H,4,9-10,17H2,1-3H3,(H,18,20). The molecule has 1 amide bonds. The molecule has 3 atom stereocenters. The Bertz CT molecular complexity index is 475. The second-order valence-corrected chi connectivity index (χ2v) is 5.69. The second kappa shape index (κ2) is 6.27. The molecule has 1 fully saturated rings. The first-order chi connectivity index (χ1) is 9.54. The van der Waals surface area contributed by atoms with Crippen LogP contribution >= 0.6 is 0 Å². The van der Waals surface area contributed by atoms with Gasteiger partial charge in [0.05, 0.1) is 17.4 Å². The molecule has 3 unspecified atom stereocenters. The summed E-state index contributed by atoms with van der Waals surface area (Å²) < 4.78 is 0. The van der Waals surface area contributed by atoms with Gasteiger partial charge < -0.3 is 11.1 Å². The van der Waals surface area contributed by atoms with Crippen molar-refractivity contribution in [3.63, 3.8) is 0 Å². The van der Waals surface area contributed by atoms with E-state index in [-0.39, 0.29) is 11.9 Å². The summed E-state index contributed by atoms with van der Waals surface area (Å²) in [5, 5.41) is 2.95. The Hall–Kier alpha value is -1.55. The fourth-order valence-electron chi connectivity index (χ4n) is 3.19. The van der Waals surface area contributed by atoms with Crippen molar-refractivity contribution in [1.29, 1.82) is 0 Å². The first-order valence-electron chi connectivity index (χ1n) is 7.47. The van der Waals surface area contributed by atoms with Crippen LogP contribution in [0.2, 0.25) is 0 Å². The topological polar surface area (TPSA) is 58.4 Å². The quantitative estimate of drug-likeness (QED) is 0.831. The minimum absolute atomic E-state index is 0.0232. The van der Waals surface area contributed by atoms with Gasteiger partial charge in [-0.2, -0.15) is 0 Å². The van der Waals surface area contributed by atoms with Crippen molar-refractivity contribution in [1.82, 2.24) is 4.90 Å². The van der Waals surface area contributed by atoms with E-state index in [1.54, 1.807) is 6.07 Å². The average Bonchev–Trinajstić information content (AvgIpc) is 2.81. The van der Waals surface area contributed by atoms with E-state index in [0.29, 0.717) is 23.5 Å². The molecular formula is C16H25N3O. The number of nitrogens with zero attached hydrogens (tertiary/aromatic N) is 1. The maximum Gasteiger partial charge on any atom is 0.241 e. The van der Waals surface area contributed by atoms with Crippen molar-refractivity contribution in [2.75, 3.05) is 11.1 Å². The maximum atomic E-state index is 12.5. The van der Waals surface area contributed by atoms with E-state index in [2.05, 4.69) is 24.1 Å². The number of para-hydroxylation sites is 2. The lowest BCUT2D eigenvalue weighted by molar-refractivity contribution is -0.121. The number of hydrogen-bond donors (Lipinski definition) is 2. The monoisotopic (exact) mass is 275 g/mol. The Kier molecular flexibility index (Phi) is 4.65. The van der Waals surface area contributed by atoms with Crippen molar-refractivity contribution < 1.29 is 4.79 Å². The number of likely N-dealkylation sites (tertiary alicyclic amines) is 1. The molecule has 0 saturated carbocycles. The van der Waals surface area contributed by atoms with Crippen LogP contribution in [0.3, 0.4) is 0 Å². The molecule has 1 aliphatic rings. The number of anilines is 2. The molecule has 0 aromatic heterocycles. The third kappa shape index (κ3) is 2.96. The lowest BCUT2D eigenvalue weighted by atomic mass is 10.1. The van der Waals surface area contributed by atoms with Crippen LogP contribution in [0.25, 0.3) is 0 Å². The third-order valence-corrected chi connectivity index (χ3v) is 4.36. The molecule has 0 aliphatic carbocycles. The number of nitrogen functional groups attached to an aromatic ring is 1. The predicted octanol–water partition coefficient (Wildman–Crippen LogP) is 2.86. The van der Waals surface area contributed by atoms with Gasteiger partial charge in [0, 0.05) is 12.1 Å². The predicted molar refractivity (Wildman–Crippen MR) is 83.6 cm³/mol. The zero-order valence-corrected chi connectivity index (χ0v) is 12.6. The van der Waals surface area contributed by atoms with Crippen LogP contribution in [0.4, 0.5) is 11.4 Å². The van der Waals surface area contributed by atoms with Crippen LogP contribution in [0, 0.1) is 0 Å². The molecule has 0 radical (unpaired) electrons. The Balaban J connectivity index is 2.07. The van der Waals surface area contributed by atoms with Crippen LogP contribution in [-0.2, 0) is 4.79 Å². The van der Waals surface area contributed by atoms with Gasteiger partial charge in [0.2, 0.25) is 5.91 Å². The van der Waals surface area contributed by atoms with Crippen molar-refractivity contribution in [3.05, 3.63) is 24.3 Å². The zero-order chi connectivity index (χ0) is 14.7. The summed E-state index contributed by atoms with van der Waals surface area (Å²) in [4.78, 5) is 14.8. The highest BCUT2D eigenvalue weighted by molar-refractivity contribution is 5.97. The minimum Gasteiger partial charge on any atom is -0.397 e. The SMILES string of the molecule is CCC1CCC(C)N1C(C)C(=O)Nc1ccccc1N. The molecule has 1 aliphatic heterocycles. The lowest BCUT2D eigenvalue weighted by Crippen LogP contribution is -2.47. The number of nitrogens with two attached hydrogens (primary N) is 1. The van der Waals surface area contributed by atoms with Crippen LogP contribution in [0.15, 0.2) is 24.3 Å². The summed E-state index contributed by atoms with van der Waals surface area (Å²) in [5.74, 6) is 0.0232. The van der Waals surface area contributed by atoms with E-state index >= 15 is 0 Å². The molecule has 1 aromatic carbocycles. The summed E-state index contributed by atoms with van der Waals surface area (Å²) in [6, 6.07) is 8.23. The van der Waals surface area contributed by atoms with Gasteiger partial charge >= 0.3 is 0 Å². The smallest absolute Gasteiger partial charge is 0.241 e. The normalized spacial score (nSPS) is 24.6. The second-order valence-electron chi connectivity index (χ2n) is 5.69. The number of nitrogens with one attached hydrogen (secondary N) is 1. The van der Waals surface area contributed by atoms with Gasteiger partial charge in [-0.25, -0.2) is 0 Å². The highest BCUT2D eigenvalue weighted by atomic mass is 16.2. The van der Waals surface area contributed by atoms with Crippen LogP contribution in [-0.4, -0.2) is 28.9 Å². The number of amides is 1.